The van der Waals surface area contributed by atoms with E-state index in [1.807, 2.05) is 0 Å². The van der Waals surface area contributed by atoms with Crippen LogP contribution >= 0.6 is 0 Å². The van der Waals surface area contributed by atoms with Crippen LogP contribution in [0.3, 0.4) is 0 Å². The number of aromatic nitrogens is 2. The van der Waals surface area contributed by atoms with Crippen LogP contribution < -0.4 is 0 Å². The van der Waals surface area contributed by atoms with E-state index in [0.717, 1.165) is 23.4 Å². The lowest BCUT2D eigenvalue weighted by Gasteiger charge is -1.91. The molecule has 1 aromatic heterocycles. The van der Waals surface area contributed by atoms with E-state index in [1.165, 1.54) is 0 Å². The highest BCUT2D eigenvalue weighted by atomic mass is 15.1. The molecule has 2 nitrogen and oxygen atoms in total. The van der Waals surface area contributed by atoms with Crippen molar-refractivity contribution in [2.45, 2.75) is 13.3 Å². The fourth-order valence-corrected chi connectivity index (χ4v) is 1.06. The molecule has 0 unspecified atom stereocenters. The van der Waals surface area contributed by atoms with Gasteiger partial charge in [0.15, 0.2) is 0 Å². The van der Waals surface area contributed by atoms with Crippen molar-refractivity contribution in [2.75, 3.05) is 0 Å². The molecule has 0 spiro atoms. The first-order chi connectivity index (χ1) is 5.33. The van der Waals surface area contributed by atoms with Crippen LogP contribution in [0.5, 0.6) is 0 Å². The summed E-state index contributed by atoms with van der Waals surface area (Å²) in [7, 11) is 0. The van der Waals surface area contributed by atoms with Gasteiger partial charge in [-0.25, -0.2) is 0 Å². The average Bonchev–Trinajstić information content (AvgIpc) is 2.45. The zero-order chi connectivity index (χ0) is 8.27. The Morgan fingerprint density at radius 1 is 1.45 bits per heavy atom. The Kier molecular flexibility index (Phi) is 2.26. The number of nitrogens with zero attached hydrogens (tertiary/aromatic N) is 1. The van der Waals surface area contributed by atoms with Crippen molar-refractivity contribution in [1.29, 1.82) is 0 Å². The van der Waals surface area contributed by atoms with E-state index < -0.39 is 0 Å². The third-order valence-electron chi connectivity index (χ3n) is 1.66. The summed E-state index contributed by atoms with van der Waals surface area (Å²) < 4.78 is 0. The van der Waals surface area contributed by atoms with Crippen molar-refractivity contribution < 1.29 is 0 Å². The Labute approximate surface area is 66.6 Å². The van der Waals surface area contributed by atoms with Crippen molar-refractivity contribution in [1.82, 2.24) is 10.2 Å². The third-order valence-corrected chi connectivity index (χ3v) is 1.66. The van der Waals surface area contributed by atoms with Crippen molar-refractivity contribution >= 4 is 12.2 Å². The predicted molar refractivity (Wildman–Crippen MR) is 48.1 cm³/mol. The number of nitrogens with one attached hydrogen (secondary N) is 1. The van der Waals surface area contributed by atoms with Gasteiger partial charge in [-0.2, -0.15) is 5.10 Å². The maximum absolute atomic E-state index is 4.06. The van der Waals surface area contributed by atoms with Crippen molar-refractivity contribution in [3.8, 4) is 0 Å². The lowest BCUT2D eigenvalue weighted by molar-refractivity contribution is 0.970. The summed E-state index contributed by atoms with van der Waals surface area (Å²) in [6, 6.07) is 0. The standard InChI is InChI=1S/C9H12N2/c1-4-7-8(5-2)10-11-9(7)6-3/h4-5H,1-2,6H2,3H3,(H,10,11). The first-order valence-electron chi connectivity index (χ1n) is 3.65. The monoisotopic (exact) mass is 148 g/mol. The predicted octanol–water partition coefficient (Wildman–Crippen LogP) is 2.26. The van der Waals surface area contributed by atoms with Gasteiger partial charge in [-0.3, -0.25) is 5.10 Å². The second-order valence-electron chi connectivity index (χ2n) is 2.26. The topological polar surface area (TPSA) is 28.7 Å². The van der Waals surface area contributed by atoms with E-state index in [0.29, 0.717) is 0 Å². The summed E-state index contributed by atoms with van der Waals surface area (Å²) in [5, 5.41) is 7.00. The highest BCUT2D eigenvalue weighted by Gasteiger charge is 2.04. The van der Waals surface area contributed by atoms with E-state index in [9.17, 15) is 0 Å². The lowest BCUT2D eigenvalue weighted by atomic mass is 10.1. The highest BCUT2D eigenvalue weighted by Crippen LogP contribution is 2.13. The number of rotatable bonds is 3. The Morgan fingerprint density at radius 2 is 2.18 bits per heavy atom. The van der Waals surface area contributed by atoms with E-state index >= 15 is 0 Å². The van der Waals surface area contributed by atoms with Gasteiger partial charge >= 0.3 is 0 Å². The first kappa shape index (κ1) is 7.79. The van der Waals surface area contributed by atoms with Gasteiger partial charge in [0, 0.05) is 11.3 Å². The van der Waals surface area contributed by atoms with Crippen molar-refractivity contribution in [3.63, 3.8) is 0 Å². The minimum absolute atomic E-state index is 0.886. The van der Waals surface area contributed by atoms with Crippen molar-refractivity contribution in [2.24, 2.45) is 0 Å². The van der Waals surface area contributed by atoms with E-state index in [2.05, 4.69) is 30.3 Å². The molecule has 11 heavy (non-hydrogen) atoms. The van der Waals surface area contributed by atoms with E-state index in [4.69, 9.17) is 0 Å². The fourth-order valence-electron chi connectivity index (χ4n) is 1.06. The third kappa shape index (κ3) is 1.24. The molecule has 0 fully saturated rings. The van der Waals surface area contributed by atoms with Gasteiger partial charge in [-0.15, -0.1) is 0 Å². The Bertz CT molecular complexity index is 271. The summed E-state index contributed by atoms with van der Waals surface area (Å²) in [6.07, 6.45) is 4.48. The molecular formula is C9H12N2. The summed E-state index contributed by atoms with van der Waals surface area (Å²) >= 11 is 0. The van der Waals surface area contributed by atoms with Crippen molar-refractivity contribution in [3.05, 3.63) is 30.1 Å². The fraction of sp³-hybridized carbons (Fsp3) is 0.222. The molecule has 0 atom stereocenters. The van der Waals surface area contributed by atoms with Gasteiger partial charge in [0.25, 0.3) is 0 Å². The zero-order valence-electron chi connectivity index (χ0n) is 6.72. The average molecular weight is 148 g/mol. The molecule has 0 aliphatic rings. The Morgan fingerprint density at radius 3 is 2.64 bits per heavy atom. The van der Waals surface area contributed by atoms with Crippen LogP contribution in [-0.4, -0.2) is 10.2 Å². The van der Waals surface area contributed by atoms with Crippen LogP contribution in [0.25, 0.3) is 12.2 Å². The molecule has 0 radical (unpaired) electrons. The number of hydrogen-bond donors (Lipinski definition) is 1. The minimum Gasteiger partial charge on any atom is -0.281 e. The zero-order valence-corrected chi connectivity index (χ0v) is 6.72. The first-order valence-corrected chi connectivity index (χ1v) is 3.65. The molecule has 0 amide bonds. The van der Waals surface area contributed by atoms with Gasteiger partial charge in [0.1, 0.15) is 0 Å². The summed E-state index contributed by atoms with van der Waals surface area (Å²) in [4.78, 5) is 0. The molecule has 1 heterocycles. The van der Waals surface area contributed by atoms with Gasteiger partial charge in [-0.05, 0) is 12.5 Å². The molecule has 2 heteroatoms. The van der Waals surface area contributed by atoms with Crippen LogP contribution in [0.15, 0.2) is 13.2 Å². The van der Waals surface area contributed by atoms with Crippen LogP contribution in [0, 0.1) is 0 Å². The number of hydrogen-bond acceptors (Lipinski definition) is 1. The highest BCUT2D eigenvalue weighted by molar-refractivity contribution is 5.62. The lowest BCUT2D eigenvalue weighted by Crippen LogP contribution is -1.82. The van der Waals surface area contributed by atoms with E-state index in [1.54, 1.807) is 12.2 Å². The Hall–Kier alpha value is -1.31. The molecule has 1 N–H and O–H groups in total. The van der Waals surface area contributed by atoms with Crippen LogP contribution in [0.1, 0.15) is 23.9 Å². The molecule has 0 aliphatic heterocycles. The molecule has 1 aromatic rings. The largest absolute Gasteiger partial charge is 0.281 e. The number of H-pyrrole nitrogens is 1. The van der Waals surface area contributed by atoms with E-state index in [-0.39, 0.29) is 0 Å². The number of aryl methyl sites for hydroxylation is 1. The summed E-state index contributed by atoms with van der Waals surface area (Å²) in [5.74, 6) is 0. The molecule has 0 aromatic carbocycles. The van der Waals surface area contributed by atoms with Crippen LogP contribution in [0.2, 0.25) is 0 Å². The summed E-state index contributed by atoms with van der Waals surface area (Å²) in [6.45, 7) is 9.45. The second-order valence-corrected chi connectivity index (χ2v) is 2.26. The molecular weight excluding hydrogens is 136 g/mol. The Balaban J connectivity index is 3.18. The molecule has 58 valence electrons. The van der Waals surface area contributed by atoms with Crippen LogP contribution in [0.4, 0.5) is 0 Å². The van der Waals surface area contributed by atoms with Gasteiger partial charge < -0.3 is 0 Å². The number of aromatic amines is 1. The second kappa shape index (κ2) is 3.19. The molecule has 0 saturated carbocycles. The van der Waals surface area contributed by atoms with Gasteiger partial charge in [-0.1, -0.05) is 26.2 Å². The maximum atomic E-state index is 4.06. The maximum Gasteiger partial charge on any atom is 0.0917 e. The smallest absolute Gasteiger partial charge is 0.0917 e. The quantitative estimate of drug-likeness (QED) is 0.699. The summed E-state index contributed by atoms with van der Waals surface area (Å²) in [5.41, 5.74) is 3.08. The molecule has 0 aliphatic carbocycles. The molecule has 0 bridgehead atoms. The van der Waals surface area contributed by atoms with Gasteiger partial charge in [0.05, 0.1) is 5.69 Å². The molecule has 0 saturated heterocycles. The SMILES string of the molecule is C=Cc1n[nH]c(CC)c1C=C. The van der Waals surface area contributed by atoms with Gasteiger partial charge in [0.2, 0.25) is 0 Å². The minimum atomic E-state index is 0.886. The van der Waals surface area contributed by atoms with Crippen LogP contribution in [-0.2, 0) is 6.42 Å². The normalized spacial score (nSPS) is 9.55. The molecule has 1 rings (SSSR count).